The summed E-state index contributed by atoms with van der Waals surface area (Å²) in [6, 6.07) is 11.5. The number of nitrogens with one attached hydrogen (secondary N) is 1. The van der Waals surface area contributed by atoms with Gasteiger partial charge in [-0.25, -0.2) is 0 Å². The van der Waals surface area contributed by atoms with Crippen LogP contribution in [0.4, 0.5) is 0 Å². The molecule has 118 valence electrons. The Bertz CT molecular complexity index is 376. The van der Waals surface area contributed by atoms with Crippen LogP contribution in [0.2, 0.25) is 0 Å². The summed E-state index contributed by atoms with van der Waals surface area (Å²) in [5.74, 6) is 0.618. The predicted molar refractivity (Wildman–Crippen MR) is 88.8 cm³/mol. The van der Waals surface area contributed by atoms with Crippen molar-refractivity contribution in [3.63, 3.8) is 0 Å². The highest BCUT2D eigenvalue weighted by atomic mass is 16.5. The Morgan fingerprint density at radius 2 is 2.10 bits per heavy atom. The molecule has 1 aromatic rings. The van der Waals surface area contributed by atoms with Crippen molar-refractivity contribution in [2.24, 2.45) is 0 Å². The molecular formula is C18H30N2O. The number of nitrogens with zero attached hydrogens (tertiary/aromatic N) is 1. The minimum atomic E-state index is 0.618. The lowest BCUT2D eigenvalue weighted by atomic mass is 9.97. The Morgan fingerprint density at radius 1 is 1.29 bits per heavy atom. The highest BCUT2D eigenvalue weighted by Gasteiger charge is 2.18. The van der Waals surface area contributed by atoms with E-state index in [4.69, 9.17) is 4.74 Å². The van der Waals surface area contributed by atoms with Crippen LogP contribution in [-0.2, 0) is 4.74 Å². The van der Waals surface area contributed by atoms with Gasteiger partial charge in [-0.15, -0.1) is 0 Å². The van der Waals surface area contributed by atoms with Crippen molar-refractivity contribution in [1.82, 2.24) is 10.2 Å². The molecule has 3 nitrogen and oxygen atoms in total. The van der Waals surface area contributed by atoms with E-state index in [0.717, 1.165) is 26.2 Å². The van der Waals surface area contributed by atoms with E-state index >= 15 is 0 Å². The molecule has 0 radical (unpaired) electrons. The van der Waals surface area contributed by atoms with Crippen LogP contribution in [0.3, 0.4) is 0 Å². The Hall–Kier alpha value is -0.900. The molecule has 2 unspecified atom stereocenters. The van der Waals surface area contributed by atoms with Crippen LogP contribution in [0.25, 0.3) is 0 Å². The van der Waals surface area contributed by atoms with Crippen molar-refractivity contribution in [3.8, 4) is 0 Å². The van der Waals surface area contributed by atoms with E-state index in [0.29, 0.717) is 12.0 Å². The maximum Gasteiger partial charge on any atom is 0.0589 e. The van der Waals surface area contributed by atoms with Crippen LogP contribution in [-0.4, -0.2) is 50.8 Å². The lowest BCUT2D eigenvalue weighted by Gasteiger charge is -2.26. The SMILES string of the molecule is COCCN(CCC(C)c1ccccc1)CC1CCCN1. The van der Waals surface area contributed by atoms with E-state index in [1.165, 1.54) is 31.4 Å². The van der Waals surface area contributed by atoms with Gasteiger partial charge < -0.3 is 10.1 Å². The normalized spacial score (nSPS) is 20.0. The molecule has 0 saturated carbocycles. The van der Waals surface area contributed by atoms with Gasteiger partial charge in [-0.05, 0) is 43.8 Å². The average Bonchev–Trinajstić information content (AvgIpc) is 3.03. The molecule has 3 heteroatoms. The summed E-state index contributed by atoms with van der Waals surface area (Å²) in [5, 5.41) is 3.60. The van der Waals surface area contributed by atoms with Gasteiger partial charge in [0.15, 0.2) is 0 Å². The van der Waals surface area contributed by atoms with Crippen LogP contribution < -0.4 is 5.32 Å². The van der Waals surface area contributed by atoms with Crippen molar-refractivity contribution in [2.75, 3.05) is 39.9 Å². The number of hydrogen-bond donors (Lipinski definition) is 1. The lowest BCUT2D eigenvalue weighted by molar-refractivity contribution is 0.140. The van der Waals surface area contributed by atoms with Gasteiger partial charge >= 0.3 is 0 Å². The van der Waals surface area contributed by atoms with Gasteiger partial charge in [0, 0.05) is 26.2 Å². The molecule has 0 aliphatic carbocycles. The molecule has 1 aliphatic heterocycles. The summed E-state index contributed by atoms with van der Waals surface area (Å²) >= 11 is 0. The zero-order chi connectivity index (χ0) is 14.9. The monoisotopic (exact) mass is 290 g/mol. The topological polar surface area (TPSA) is 24.5 Å². The number of ether oxygens (including phenoxy) is 1. The van der Waals surface area contributed by atoms with E-state index in [1.807, 2.05) is 0 Å². The molecule has 1 aliphatic rings. The van der Waals surface area contributed by atoms with Crippen LogP contribution in [0.5, 0.6) is 0 Å². The molecule has 0 aromatic heterocycles. The van der Waals surface area contributed by atoms with E-state index in [1.54, 1.807) is 7.11 Å². The largest absolute Gasteiger partial charge is 0.383 e. The summed E-state index contributed by atoms with van der Waals surface area (Å²) in [5.41, 5.74) is 1.45. The minimum absolute atomic E-state index is 0.618. The molecule has 1 fully saturated rings. The van der Waals surface area contributed by atoms with Gasteiger partial charge in [-0.3, -0.25) is 4.90 Å². The zero-order valence-electron chi connectivity index (χ0n) is 13.6. The summed E-state index contributed by atoms with van der Waals surface area (Å²) in [6.45, 7) is 7.69. The first-order valence-electron chi connectivity index (χ1n) is 8.29. The molecule has 0 amide bonds. The Kier molecular flexibility index (Phi) is 7.20. The molecule has 1 heterocycles. The summed E-state index contributed by atoms with van der Waals surface area (Å²) in [7, 11) is 1.79. The molecular weight excluding hydrogens is 260 g/mol. The highest BCUT2D eigenvalue weighted by molar-refractivity contribution is 5.18. The summed E-state index contributed by atoms with van der Waals surface area (Å²) in [6.07, 6.45) is 3.85. The van der Waals surface area contributed by atoms with Crippen molar-refractivity contribution in [2.45, 2.75) is 38.1 Å². The number of methoxy groups -OCH3 is 1. The molecule has 21 heavy (non-hydrogen) atoms. The fourth-order valence-electron chi connectivity index (χ4n) is 3.06. The zero-order valence-corrected chi connectivity index (χ0v) is 13.6. The smallest absolute Gasteiger partial charge is 0.0589 e. The first-order chi connectivity index (χ1) is 10.3. The quantitative estimate of drug-likeness (QED) is 0.757. The maximum absolute atomic E-state index is 5.27. The van der Waals surface area contributed by atoms with E-state index in [9.17, 15) is 0 Å². The molecule has 0 bridgehead atoms. The predicted octanol–water partition coefficient (Wildman–Crippen LogP) is 2.88. The van der Waals surface area contributed by atoms with E-state index < -0.39 is 0 Å². The van der Waals surface area contributed by atoms with Crippen LogP contribution >= 0.6 is 0 Å². The van der Waals surface area contributed by atoms with Crippen molar-refractivity contribution in [1.29, 1.82) is 0 Å². The third kappa shape index (κ3) is 5.77. The molecule has 2 atom stereocenters. The highest BCUT2D eigenvalue weighted by Crippen LogP contribution is 2.19. The van der Waals surface area contributed by atoms with E-state index in [-0.39, 0.29) is 0 Å². The van der Waals surface area contributed by atoms with Crippen LogP contribution in [0.15, 0.2) is 30.3 Å². The van der Waals surface area contributed by atoms with Crippen molar-refractivity contribution >= 4 is 0 Å². The second-order valence-electron chi connectivity index (χ2n) is 6.19. The fraction of sp³-hybridized carbons (Fsp3) is 0.667. The Balaban J connectivity index is 1.79. The van der Waals surface area contributed by atoms with Gasteiger partial charge in [0.2, 0.25) is 0 Å². The first kappa shape index (κ1) is 16.5. The van der Waals surface area contributed by atoms with Crippen LogP contribution in [0.1, 0.15) is 37.7 Å². The second kappa shape index (κ2) is 9.19. The molecule has 1 aromatic carbocycles. The molecule has 0 spiro atoms. The van der Waals surface area contributed by atoms with Crippen LogP contribution in [0, 0.1) is 0 Å². The van der Waals surface area contributed by atoms with Gasteiger partial charge in [0.1, 0.15) is 0 Å². The van der Waals surface area contributed by atoms with Gasteiger partial charge in [0.05, 0.1) is 6.61 Å². The number of benzene rings is 1. The summed E-state index contributed by atoms with van der Waals surface area (Å²) < 4.78 is 5.27. The number of rotatable bonds is 9. The van der Waals surface area contributed by atoms with Crippen molar-refractivity contribution in [3.05, 3.63) is 35.9 Å². The number of hydrogen-bond acceptors (Lipinski definition) is 3. The second-order valence-corrected chi connectivity index (χ2v) is 6.19. The molecule has 1 N–H and O–H groups in total. The summed E-state index contributed by atoms with van der Waals surface area (Å²) in [4.78, 5) is 2.56. The van der Waals surface area contributed by atoms with Gasteiger partial charge in [-0.2, -0.15) is 0 Å². The molecule has 1 saturated heterocycles. The Labute approximate surface area is 129 Å². The Morgan fingerprint density at radius 3 is 2.76 bits per heavy atom. The third-order valence-corrected chi connectivity index (χ3v) is 4.50. The lowest BCUT2D eigenvalue weighted by Crippen LogP contribution is -2.39. The molecule has 2 rings (SSSR count). The average molecular weight is 290 g/mol. The first-order valence-corrected chi connectivity index (χ1v) is 8.29. The van der Waals surface area contributed by atoms with E-state index in [2.05, 4.69) is 47.5 Å². The van der Waals surface area contributed by atoms with Gasteiger partial charge in [-0.1, -0.05) is 37.3 Å². The maximum atomic E-state index is 5.27. The minimum Gasteiger partial charge on any atom is -0.383 e. The third-order valence-electron chi connectivity index (χ3n) is 4.50. The fourth-order valence-corrected chi connectivity index (χ4v) is 3.06. The standard InChI is InChI=1S/C18H30N2O/c1-16(17-7-4-3-5-8-17)10-12-20(13-14-21-2)15-18-9-6-11-19-18/h3-5,7-8,16,18-19H,6,9-15H2,1-2H3. The van der Waals surface area contributed by atoms with Gasteiger partial charge in [0.25, 0.3) is 0 Å². The van der Waals surface area contributed by atoms with Crippen molar-refractivity contribution < 1.29 is 4.74 Å².